The molecule has 134 valence electrons. The van der Waals surface area contributed by atoms with Gasteiger partial charge >= 0.3 is 0 Å². The molecule has 2 aromatic rings. The van der Waals surface area contributed by atoms with E-state index in [1.807, 2.05) is 24.3 Å². The van der Waals surface area contributed by atoms with Crippen molar-refractivity contribution >= 4 is 20.6 Å². The summed E-state index contributed by atoms with van der Waals surface area (Å²) in [5.74, 6) is 0.578. The Balaban J connectivity index is 1.80. The van der Waals surface area contributed by atoms with Gasteiger partial charge in [-0.25, -0.2) is 8.42 Å². The first-order valence-corrected chi connectivity index (χ1v) is 11.2. The summed E-state index contributed by atoms with van der Waals surface area (Å²) in [4.78, 5) is 0.537. The predicted octanol–water partition coefficient (Wildman–Crippen LogP) is 4.41. The van der Waals surface area contributed by atoms with Crippen molar-refractivity contribution in [1.29, 1.82) is 0 Å². The zero-order valence-electron chi connectivity index (χ0n) is 14.7. The molecule has 25 heavy (non-hydrogen) atoms. The third-order valence-electron chi connectivity index (χ3n) is 5.99. The van der Waals surface area contributed by atoms with Crippen molar-refractivity contribution in [3.05, 3.63) is 42.0 Å². The van der Waals surface area contributed by atoms with Crippen LogP contribution in [0.1, 0.15) is 56.4 Å². The van der Waals surface area contributed by atoms with Crippen molar-refractivity contribution in [2.24, 2.45) is 0 Å². The molecule has 0 atom stereocenters. The van der Waals surface area contributed by atoms with Crippen LogP contribution in [0, 0.1) is 0 Å². The summed E-state index contributed by atoms with van der Waals surface area (Å²) in [5.41, 5.74) is 1.35. The first-order valence-electron chi connectivity index (χ1n) is 9.64. The fraction of sp³-hybridized carbons (Fsp3) is 0.524. The lowest BCUT2D eigenvalue weighted by Gasteiger charge is -2.26. The van der Waals surface area contributed by atoms with Crippen molar-refractivity contribution in [2.75, 3.05) is 13.1 Å². The molecule has 1 N–H and O–H groups in total. The van der Waals surface area contributed by atoms with E-state index in [2.05, 4.69) is 17.4 Å². The summed E-state index contributed by atoms with van der Waals surface area (Å²) in [5, 5.41) is 5.07. The summed E-state index contributed by atoms with van der Waals surface area (Å²) in [7, 11) is -3.28. The van der Waals surface area contributed by atoms with Crippen molar-refractivity contribution < 1.29 is 8.42 Å². The molecule has 0 aromatic heterocycles. The van der Waals surface area contributed by atoms with Crippen LogP contribution in [0.4, 0.5) is 0 Å². The molecule has 1 heterocycles. The van der Waals surface area contributed by atoms with Gasteiger partial charge in [0.05, 0.1) is 10.1 Å². The molecule has 4 heteroatoms. The first kappa shape index (κ1) is 17.0. The highest BCUT2D eigenvalue weighted by Crippen LogP contribution is 2.39. The Kier molecular flexibility index (Phi) is 4.83. The molecule has 0 bridgehead atoms. The first-order chi connectivity index (χ1) is 12.2. The van der Waals surface area contributed by atoms with Crippen LogP contribution in [-0.4, -0.2) is 26.8 Å². The van der Waals surface area contributed by atoms with Gasteiger partial charge in [0.2, 0.25) is 0 Å². The highest BCUT2D eigenvalue weighted by molar-refractivity contribution is 7.92. The standard InChI is InChI=1S/C21H27NO2S/c23-25(24,17-12-14-22-15-13-17)21-11-10-18(16-6-2-1-3-7-16)19-8-4-5-9-20(19)21/h4-5,8-11,16-17,22H,1-3,6-7,12-15H2. The van der Waals surface area contributed by atoms with Gasteiger partial charge in [0.15, 0.2) is 9.84 Å². The maximum absolute atomic E-state index is 13.3. The van der Waals surface area contributed by atoms with Crippen LogP contribution in [0.15, 0.2) is 41.3 Å². The van der Waals surface area contributed by atoms with Crippen LogP contribution in [0.2, 0.25) is 0 Å². The Morgan fingerprint density at radius 1 is 0.800 bits per heavy atom. The van der Waals surface area contributed by atoms with Crippen LogP contribution < -0.4 is 5.32 Å². The van der Waals surface area contributed by atoms with Crippen LogP contribution in [-0.2, 0) is 9.84 Å². The quantitative estimate of drug-likeness (QED) is 0.885. The van der Waals surface area contributed by atoms with E-state index in [9.17, 15) is 8.42 Å². The van der Waals surface area contributed by atoms with E-state index in [-0.39, 0.29) is 5.25 Å². The Morgan fingerprint density at radius 3 is 2.20 bits per heavy atom. The van der Waals surface area contributed by atoms with Gasteiger partial charge in [-0.1, -0.05) is 49.6 Å². The number of sulfone groups is 1. The molecule has 3 nitrogen and oxygen atoms in total. The van der Waals surface area contributed by atoms with Gasteiger partial charge in [0.1, 0.15) is 0 Å². The lowest BCUT2D eigenvalue weighted by atomic mass is 9.82. The summed E-state index contributed by atoms with van der Waals surface area (Å²) in [6.45, 7) is 1.59. The Labute approximate surface area is 150 Å². The molecule has 2 aliphatic rings. The molecule has 1 saturated carbocycles. The van der Waals surface area contributed by atoms with Crippen LogP contribution in [0.3, 0.4) is 0 Å². The van der Waals surface area contributed by atoms with Crippen molar-refractivity contribution in [3.63, 3.8) is 0 Å². The molecule has 0 radical (unpaired) electrons. The second-order valence-electron chi connectivity index (χ2n) is 7.53. The van der Waals surface area contributed by atoms with Gasteiger partial charge in [0.25, 0.3) is 0 Å². The van der Waals surface area contributed by atoms with Crippen molar-refractivity contribution in [3.8, 4) is 0 Å². The molecule has 4 rings (SSSR count). The van der Waals surface area contributed by atoms with E-state index in [0.29, 0.717) is 23.7 Å². The van der Waals surface area contributed by atoms with Gasteiger partial charge in [-0.05, 0) is 61.7 Å². The fourth-order valence-electron chi connectivity index (χ4n) is 4.60. The number of benzene rings is 2. The Morgan fingerprint density at radius 2 is 1.48 bits per heavy atom. The van der Waals surface area contributed by atoms with Crippen LogP contribution in [0.5, 0.6) is 0 Å². The van der Waals surface area contributed by atoms with Gasteiger partial charge < -0.3 is 5.32 Å². The average Bonchev–Trinajstić information content (AvgIpc) is 2.68. The van der Waals surface area contributed by atoms with E-state index >= 15 is 0 Å². The fourth-order valence-corrected chi connectivity index (χ4v) is 6.56. The lowest BCUT2D eigenvalue weighted by Crippen LogP contribution is -2.35. The number of rotatable bonds is 3. The highest BCUT2D eigenvalue weighted by atomic mass is 32.2. The average molecular weight is 358 g/mol. The molecule has 2 aromatic carbocycles. The van der Waals surface area contributed by atoms with Gasteiger partial charge in [-0.2, -0.15) is 0 Å². The van der Waals surface area contributed by atoms with Crippen LogP contribution in [0.25, 0.3) is 10.8 Å². The van der Waals surface area contributed by atoms with Crippen molar-refractivity contribution in [1.82, 2.24) is 5.32 Å². The summed E-state index contributed by atoms with van der Waals surface area (Å²) in [6, 6.07) is 12.1. The van der Waals surface area contributed by atoms with E-state index < -0.39 is 9.84 Å². The Hall–Kier alpha value is -1.39. The monoisotopic (exact) mass is 357 g/mol. The minimum absolute atomic E-state index is 0.252. The highest BCUT2D eigenvalue weighted by Gasteiger charge is 2.31. The van der Waals surface area contributed by atoms with E-state index in [4.69, 9.17) is 0 Å². The molecule has 1 saturated heterocycles. The molecular formula is C21H27NO2S. The number of hydrogen-bond donors (Lipinski definition) is 1. The zero-order valence-corrected chi connectivity index (χ0v) is 15.5. The SMILES string of the molecule is O=S(=O)(c1ccc(C2CCCCC2)c2ccccc12)C1CCNCC1. The van der Waals surface area contributed by atoms with Gasteiger partial charge in [0, 0.05) is 5.39 Å². The lowest BCUT2D eigenvalue weighted by molar-refractivity contribution is 0.445. The third-order valence-corrected chi connectivity index (χ3v) is 8.31. The smallest absolute Gasteiger partial charge is 0.181 e. The molecule has 1 aliphatic carbocycles. The maximum atomic E-state index is 13.3. The molecule has 1 aliphatic heterocycles. The van der Waals surface area contributed by atoms with Gasteiger partial charge in [-0.3, -0.25) is 0 Å². The Bertz CT molecular complexity index is 847. The summed E-state index contributed by atoms with van der Waals surface area (Å²) < 4.78 is 26.5. The minimum Gasteiger partial charge on any atom is -0.317 e. The second-order valence-corrected chi connectivity index (χ2v) is 9.72. The minimum atomic E-state index is -3.28. The van der Waals surface area contributed by atoms with Gasteiger partial charge in [-0.15, -0.1) is 0 Å². The predicted molar refractivity (Wildman–Crippen MR) is 103 cm³/mol. The number of nitrogens with one attached hydrogen (secondary N) is 1. The molecule has 0 unspecified atom stereocenters. The van der Waals surface area contributed by atoms with E-state index in [1.54, 1.807) is 0 Å². The van der Waals surface area contributed by atoms with Crippen molar-refractivity contribution in [2.45, 2.75) is 61.0 Å². The maximum Gasteiger partial charge on any atom is 0.181 e. The summed E-state index contributed by atoms with van der Waals surface area (Å²) in [6.07, 6.45) is 7.77. The van der Waals surface area contributed by atoms with E-state index in [1.165, 1.54) is 37.7 Å². The topological polar surface area (TPSA) is 46.2 Å². The third kappa shape index (κ3) is 3.22. The number of piperidine rings is 1. The molecule has 0 amide bonds. The second kappa shape index (κ2) is 7.08. The largest absolute Gasteiger partial charge is 0.317 e. The number of hydrogen-bond acceptors (Lipinski definition) is 3. The molecule has 0 spiro atoms. The molecule has 2 fully saturated rings. The zero-order chi connectivity index (χ0) is 17.3. The molecular weight excluding hydrogens is 330 g/mol. The summed E-state index contributed by atoms with van der Waals surface area (Å²) >= 11 is 0. The van der Waals surface area contributed by atoms with E-state index in [0.717, 1.165) is 23.9 Å². The van der Waals surface area contributed by atoms with Crippen LogP contribution >= 0.6 is 0 Å². The normalized spacial score (nSPS) is 20.8. The number of fused-ring (bicyclic) bond motifs is 1.